The van der Waals surface area contributed by atoms with E-state index in [-0.39, 0.29) is 33.7 Å². The van der Waals surface area contributed by atoms with E-state index in [0.717, 1.165) is 57.8 Å². The molecule has 0 heterocycles. The first-order chi connectivity index (χ1) is 16.2. The van der Waals surface area contributed by atoms with Gasteiger partial charge in [-0.3, -0.25) is 9.59 Å². The summed E-state index contributed by atoms with van der Waals surface area (Å²) in [5, 5.41) is 0. The largest absolute Gasteiger partial charge is 0.462 e. The monoisotopic (exact) mass is 482 g/mol. The number of fused-ring (bicyclic) bond motifs is 2. The highest BCUT2D eigenvalue weighted by Crippen LogP contribution is 2.64. The van der Waals surface area contributed by atoms with E-state index in [1.165, 1.54) is 11.1 Å². The minimum absolute atomic E-state index is 0.00453. The maximum absolute atomic E-state index is 12.8. The summed E-state index contributed by atoms with van der Waals surface area (Å²) in [5.41, 5.74) is 2.93. The van der Waals surface area contributed by atoms with Gasteiger partial charge in [-0.25, -0.2) is 0 Å². The minimum Gasteiger partial charge on any atom is -0.462 e. The summed E-state index contributed by atoms with van der Waals surface area (Å²) < 4.78 is 5.83. The Hall–Kier alpha value is -1.38. The van der Waals surface area contributed by atoms with E-state index in [0.29, 0.717) is 35.9 Å². The van der Waals surface area contributed by atoms with Crippen molar-refractivity contribution in [1.29, 1.82) is 0 Å². The lowest BCUT2D eigenvalue weighted by atomic mass is 9.44. The Morgan fingerprint density at radius 2 is 1.34 bits per heavy atom. The highest BCUT2D eigenvalue weighted by molar-refractivity contribution is 5.85. The van der Waals surface area contributed by atoms with E-state index in [2.05, 4.69) is 54.7 Å². The number of Topliss-reactive ketones (excluding diaryl/α,β-unsaturated/α-hetero) is 1. The summed E-state index contributed by atoms with van der Waals surface area (Å²) in [5.74, 6) is 2.24. The van der Waals surface area contributed by atoms with Crippen LogP contribution in [0.1, 0.15) is 113 Å². The first-order valence-electron chi connectivity index (χ1n) is 14.2. The molecule has 35 heavy (non-hydrogen) atoms. The summed E-state index contributed by atoms with van der Waals surface area (Å²) in [7, 11) is 0. The molecule has 4 saturated carbocycles. The average molecular weight is 483 g/mol. The number of allylic oxidation sites excluding steroid dienone is 2. The summed E-state index contributed by atoms with van der Waals surface area (Å²) in [4.78, 5) is 24.6. The van der Waals surface area contributed by atoms with Crippen LogP contribution in [0, 0.1) is 45.3 Å². The van der Waals surface area contributed by atoms with Gasteiger partial charge >= 0.3 is 5.97 Å². The van der Waals surface area contributed by atoms with E-state index >= 15 is 0 Å². The van der Waals surface area contributed by atoms with Gasteiger partial charge in [-0.05, 0) is 92.3 Å². The Morgan fingerprint density at radius 3 is 1.89 bits per heavy atom. The molecule has 0 aromatic rings. The molecule has 4 aliphatic rings. The summed E-state index contributed by atoms with van der Waals surface area (Å²) in [6.07, 6.45) is 10.4. The zero-order valence-corrected chi connectivity index (χ0v) is 23.6. The van der Waals surface area contributed by atoms with Crippen LogP contribution in [0.25, 0.3) is 0 Å². The lowest BCUT2D eigenvalue weighted by molar-refractivity contribution is -0.174. The van der Waals surface area contributed by atoms with Crippen LogP contribution in [0.15, 0.2) is 24.3 Å². The first kappa shape index (κ1) is 26.7. The van der Waals surface area contributed by atoms with Gasteiger partial charge in [-0.1, -0.05) is 65.8 Å². The molecule has 7 atom stereocenters. The van der Waals surface area contributed by atoms with Crippen molar-refractivity contribution in [3.8, 4) is 0 Å². The number of rotatable bonds is 4. The summed E-state index contributed by atoms with van der Waals surface area (Å²) in [6, 6.07) is 0. The number of hydrogen-bond donors (Lipinski definition) is 0. The zero-order valence-electron chi connectivity index (χ0n) is 23.6. The standard InChI is InChI=1S/C32H50O3/c1-20-10-14-25-29(4,5)27(34)16-18-31(25,8)23(20)12-13-24-21(2)11-15-26-30(6,7)28(35-22(3)33)17-19-32(24,26)9/h23-26,28H,1-2,10-19H2,3-9H3/t23-,24-,25-,26-,28-,31+,32+/m0/s1. The van der Waals surface area contributed by atoms with Crippen molar-refractivity contribution >= 4 is 11.8 Å². The Bertz CT molecular complexity index is 910. The lowest BCUT2D eigenvalue weighted by Crippen LogP contribution is -2.56. The van der Waals surface area contributed by atoms with Crippen LogP contribution in [0.4, 0.5) is 0 Å². The number of hydrogen-bond acceptors (Lipinski definition) is 3. The SMILES string of the molecule is C=C1CC[C@H]2C(C)(C)C(=O)CC[C@]2(C)[C@H]1CC[C@H]1C(=C)CC[C@H]2C(C)(C)[C@@H](OC(C)=O)CC[C@]12C. The molecule has 4 fully saturated rings. The molecular formula is C32H50O3. The van der Waals surface area contributed by atoms with Gasteiger partial charge < -0.3 is 4.74 Å². The molecule has 0 amide bonds. The van der Waals surface area contributed by atoms with Gasteiger partial charge in [0, 0.05) is 24.2 Å². The fourth-order valence-electron chi connectivity index (χ4n) is 9.94. The maximum Gasteiger partial charge on any atom is 0.302 e. The van der Waals surface area contributed by atoms with E-state index in [4.69, 9.17) is 4.74 Å². The fourth-order valence-corrected chi connectivity index (χ4v) is 9.94. The third kappa shape index (κ3) is 4.17. The zero-order chi connectivity index (χ0) is 26.0. The van der Waals surface area contributed by atoms with Crippen molar-refractivity contribution in [2.24, 2.45) is 45.3 Å². The number of ether oxygens (including phenoxy) is 1. The van der Waals surface area contributed by atoms with Gasteiger partial charge in [0.05, 0.1) is 0 Å². The smallest absolute Gasteiger partial charge is 0.302 e. The molecule has 3 nitrogen and oxygen atoms in total. The average Bonchev–Trinajstić information content (AvgIpc) is 2.74. The molecular weight excluding hydrogens is 432 g/mol. The molecule has 0 spiro atoms. The Morgan fingerprint density at radius 1 is 0.829 bits per heavy atom. The number of carbonyl (C=O) groups is 2. The lowest BCUT2D eigenvalue weighted by Gasteiger charge is -2.60. The van der Waals surface area contributed by atoms with Gasteiger partial charge in [0.25, 0.3) is 0 Å². The first-order valence-corrected chi connectivity index (χ1v) is 14.2. The Balaban J connectivity index is 1.57. The molecule has 0 aromatic heterocycles. The highest BCUT2D eigenvalue weighted by Gasteiger charge is 2.59. The van der Waals surface area contributed by atoms with Crippen LogP contribution >= 0.6 is 0 Å². The van der Waals surface area contributed by atoms with E-state index in [9.17, 15) is 9.59 Å². The van der Waals surface area contributed by atoms with Crippen molar-refractivity contribution in [2.75, 3.05) is 0 Å². The second-order valence-electron chi connectivity index (χ2n) is 14.3. The third-order valence-electron chi connectivity index (χ3n) is 11.9. The number of carbonyl (C=O) groups excluding carboxylic acids is 2. The molecule has 4 rings (SSSR count). The second kappa shape index (κ2) is 8.88. The fraction of sp³-hybridized carbons (Fsp3) is 0.812. The van der Waals surface area contributed by atoms with Gasteiger partial charge in [0.2, 0.25) is 0 Å². The molecule has 0 aromatic carbocycles. The van der Waals surface area contributed by atoms with Gasteiger partial charge in [-0.2, -0.15) is 0 Å². The molecule has 0 saturated heterocycles. The molecule has 0 N–H and O–H groups in total. The number of esters is 1. The Kier molecular flexibility index (Phi) is 6.76. The Labute approximate surface area is 214 Å². The van der Waals surface area contributed by atoms with Crippen molar-refractivity contribution < 1.29 is 14.3 Å². The van der Waals surface area contributed by atoms with E-state index in [1.807, 2.05) is 0 Å². The molecule has 4 aliphatic carbocycles. The van der Waals surface area contributed by atoms with Crippen LogP contribution in [0.3, 0.4) is 0 Å². The van der Waals surface area contributed by atoms with Crippen LogP contribution < -0.4 is 0 Å². The summed E-state index contributed by atoms with van der Waals surface area (Å²) in [6.45, 7) is 24.7. The molecule has 0 unspecified atom stereocenters. The van der Waals surface area contributed by atoms with Crippen molar-refractivity contribution in [2.45, 2.75) is 119 Å². The third-order valence-corrected chi connectivity index (χ3v) is 11.9. The highest BCUT2D eigenvalue weighted by atomic mass is 16.5. The molecule has 0 bridgehead atoms. The number of ketones is 1. The maximum atomic E-state index is 12.8. The van der Waals surface area contributed by atoms with Crippen LogP contribution in [0.5, 0.6) is 0 Å². The topological polar surface area (TPSA) is 43.4 Å². The van der Waals surface area contributed by atoms with Gasteiger partial charge in [0.15, 0.2) is 0 Å². The quantitative estimate of drug-likeness (QED) is 0.300. The molecule has 0 radical (unpaired) electrons. The van der Waals surface area contributed by atoms with E-state index in [1.54, 1.807) is 6.92 Å². The molecule has 196 valence electrons. The van der Waals surface area contributed by atoms with Crippen LogP contribution in [0.2, 0.25) is 0 Å². The minimum atomic E-state index is -0.226. The van der Waals surface area contributed by atoms with Crippen molar-refractivity contribution in [3.05, 3.63) is 24.3 Å². The molecule has 0 aliphatic heterocycles. The van der Waals surface area contributed by atoms with Gasteiger partial charge in [0.1, 0.15) is 11.9 Å². The van der Waals surface area contributed by atoms with Crippen LogP contribution in [-0.4, -0.2) is 17.9 Å². The van der Waals surface area contributed by atoms with E-state index < -0.39 is 0 Å². The van der Waals surface area contributed by atoms with Crippen molar-refractivity contribution in [3.63, 3.8) is 0 Å². The van der Waals surface area contributed by atoms with Crippen LogP contribution in [-0.2, 0) is 14.3 Å². The predicted molar refractivity (Wildman–Crippen MR) is 143 cm³/mol. The second-order valence-corrected chi connectivity index (χ2v) is 14.3. The normalized spacial score (nSPS) is 42.7. The summed E-state index contributed by atoms with van der Waals surface area (Å²) >= 11 is 0. The predicted octanol–water partition coefficient (Wildman–Crippen LogP) is 8.08. The van der Waals surface area contributed by atoms with Crippen molar-refractivity contribution in [1.82, 2.24) is 0 Å². The molecule has 3 heteroatoms. The van der Waals surface area contributed by atoms with Gasteiger partial charge in [-0.15, -0.1) is 0 Å².